The number of aliphatic imine (C=N–C) groups is 1. The quantitative estimate of drug-likeness (QED) is 0.452. The number of hydrogen-bond donors (Lipinski definition) is 2. The van der Waals surface area contributed by atoms with Crippen LogP contribution in [0.1, 0.15) is 32.6 Å². The predicted molar refractivity (Wildman–Crippen MR) is 72.4 cm³/mol. The number of rotatable bonds is 3. The van der Waals surface area contributed by atoms with Gasteiger partial charge in [0.15, 0.2) is 5.96 Å². The summed E-state index contributed by atoms with van der Waals surface area (Å²) in [5.74, 6) is 1.21. The first kappa shape index (κ1) is 12.0. The minimum Gasteiger partial charge on any atom is -0.377 e. The smallest absolute Gasteiger partial charge is 0.189 e. The van der Waals surface area contributed by atoms with Gasteiger partial charge in [0.25, 0.3) is 0 Å². The second kappa shape index (κ2) is 4.26. The van der Waals surface area contributed by atoms with Crippen molar-refractivity contribution in [2.75, 3.05) is 13.2 Å². The molecule has 3 fully saturated rings. The Morgan fingerprint density at radius 3 is 2.94 bits per heavy atom. The Hall–Kier alpha value is -1.03. The molecule has 0 aromatic carbocycles. The predicted octanol–water partition coefficient (Wildman–Crippen LogP) is 1.42. The van der Waals surface area contributed by atoms with Gasteiger partial charge in [-0.3, -0.25) is 0 Å². The minimum atomic E-state index is 0.366. The lowest BCUT2D eigenvalue weighted by molar-refractivity contribution is -0.171. The molecule has 2 aliphatic carbocycles. The van der Waals surface area contributed by atoms with Crippen LogP contribution in [-0.2, 0) is 4.74 Å². The summed E-state index contributed by atoms with van der Waals surface area (Å²) in [6.45, 7) is 7.33. The topological polar surface area (TPSA) is 59.6 Å². The molecule has 2 saturated carbocycles. The normalized spacial score (nSPS) is 36.7. The lowest BCUT2D eigenvalue weighted by Gasteiger charge is -2.63. The van der Waals surface area contributed by atoms with E-state index >= 15 is 0 Å². The molecule has 0 aromatic rings. The van der Waals surface area contributed by atoms with Gasteiger partial charge in [0.2, 0.25) is 0 Å². The van der Waals surface area contributed by atoms with Crippen LogP contribution in [0.25, 0.3) is 0 Å². The fourth-order valence-electron chi connectivity index (χ4n) is 3.88. The largest absolute Gasteiger partial charge is 0.377 e. The molecule has 3 aliphatic rings. The zero-order valence-electron chi connectivity index (χ0n) is 11.1. The lowest BCUT2D eigenvalue weighted by Crippen LogP contribution is -2.72. The molecule has 18 heavy (non-hydrogen) atoms. The number of hydrogen-bond acceptors (Lipinski definition) is 2. The molecule has 4 nitrogen and oxygen atoms in total. The minimum absolute atomic E-state index is 0.366. The molecule has 1 heterocycles. The third-order valence-corrected chi connectivity index (χ3v) is 4.86. The van der Waals surface area contributed by atoms with Gasteiger partial charge in [0.1, 0.15) is 0 Å². The molecular weight excluding hydrogens is 226 g/mol. The molecule has 1 aliphatic heterocycles. The van der Waals surface area contributed by atoms with Crippen LogP contribution in [0, 0.1) is 11.3 Å². The van der Waals surface area contributed by atoms with E-state index in [1.165, 1.54) is 19.3 Å². The second-order valence-corrected chi connectivity index (χ2v) is 6.11. The summed E-state index contributed by atoms with van der Waals surface area (Å²) in [4.78, 5) is 4.33. The number of guanidine groups is 1. The summed E-state index contributed by atoms with van der Waals surface area (Å²) in [5, 5.41) is 3.44. The molecule has 4 heteroatoms. The maximum Gasteiger partial charge on any atom is 0.189 e. The zero-order chi connectivity index (χ0) is 12.8. The van der Waals surface area contributed by atoms with E-state index < -0.39 is 0 Å². The highest BCUT2D eigenvalue weighted by Crippen LogP contribution is 2.62. The molecule has 0 radical (unpaired) electrons. The molecule has 0 bridgehead atoms. The average Bonchev–Trinajstić information content (AvgIpc) is 2.66. The summed E-state index contributed by atoms with van der Waals surface area (Å²) in [6, 6.07) is 0.479. The van der Waals surface area contributed by atoms with Crippen molar-refractivity contribution in [3.8, 4) is 0 Å². The van der Waals surface area contributed by atoms with Gasteiger partial charge >= 0.3 is 0 Å². The molecular formula is C14H23N3O. The van der Waals surface area contributed by atoms with E-state index in [1.54, 1.807) is 0 Å². The summed E-state index contributed by atoms with van der Waals surface area (Å²) >= 11 is 0. The van der Waals surface area contributed by atoms with Crippen LogP contribution in [0.15, 0.2) is 17.1 Å². The van der Waals surface area contributed by atoms with E-state index in [9.17, 15) is 0 Å². The van der Waals surface area contributed by atoms with Crippen LogP contribution >= 0.6 is 0 Å². The Morgan fingerprint density at radius 1 is 1.56 bits per heavy atom. The van der Waals surface area contributed by atoms with Crippen molar-refractivity contribution in [2.45, 2.75) is 44.8 Å². The van der Waals surface area contributed by atoms with Crippen LogP contribution in [0.4, 0.5) is 0 Å². The Balaban J connectivity index is 1.65. The Bertz CT molecular complexity index is 387. The van der Waals surface area contributed by atoms with Gasteiger partial charge in [-0.2, -0.15) is 0 Å². The van der Waals surface area contributed by atoms with Crippen molar-refractivity contribution >= 4 is 5.96 Å². The first-order chi connectivity index (χ1) is 8.63. The van der Waals surface area contributed by atoms with Crippen LogP contribution in [0.5, 0.6) is 0 Å². The highest BCUT2D eigenvalue weighted by molar-refractivity contribution is 5.78. The van der Waals surface area contributed by atoms with Crippen molar-refractivity contribution in [2.24, 2.45) is 22.1 Å². The zero-order valence-corrected chi connectivity index (χ0v) is 11.1. The van der Waals surface area contributed by atoms with E-state index in [2.05, 4.69) is 16.9 Å². The standard InChI is InChI=1S/C14H23N3O/c1-9(2)8-16-13(15)17-11-10-4-7-18-12(10)14(11)5-3-6-14/h10-12H,1,3-8H2,2H3,(H3,15,16,17). The van der Waals surface area contributed by atoms with Gasteiger partial charge in [-0.15, -0.1) is 0 Å². The molecule has 1 spiro atoms. The molecule has 3 N–H and O–H groups in total. The van der Waals surface area contributed by atoms with E-state index in [4.69, 9.17) is 10.5 Å². The Morgan fingerprint density at radius 2 is 2.33 bits per heavy atom. The molecule has 3 rings (SSSR count). The molecule has 0 aromatic heterocycles. The van der Waals surface area contributed by atoms with Gasteiger partial charge in [-0.25, -0.2) is 4.99 Å². The van der Waals surface area contributed by atoms with Gasteiger partial charge in [0.05, 0.1) is 12.6 Å². The van der Waals surface area contributed by atoms with Gasteiger partial charge in [0, 0.05) is 24.0 Å². The van der Waals surface area contributed by atoms with E-state index in [-0.39, 0.29) is 0 Å². The van der Waals surface area contributed by atoms with Crippen molar-refractivity contribution in [1.29, 1.82) is 0 Å². The summed E-state index contributed by atoms with van der Waals surface area (Å²) in [7, 11) is 0. The molecule has 1 saturated heterocycles. The van der Waals surface area contributed by atoms with Gasteiger partial charge in [-0.1, -0.05) is 18.6 Å². The number of nitrogens with zero attached hydrogens (tertiary/aromatic N) is 1. The van der Waals surface area contributed by atoms with Gasteiger partial charge < -0.3 is 15.8 Å². The number of nitrogens with one attached hydrogen (secondary N) is 1. The third-order valence-electron chi connectivity index (χ3n) is 4.86. The van der Waals surface area contributed by atoms with Crippen LogP contribution in [0.3, 0.4) is 0 Å². The first-order valence-electron chi connectivity index (χ1n) is 6.96. The van der Waals surface area contributed by atoms with E-state index in [0.29, 0.717) is 36.0 Å². The van der Waals surface area contributed by atoms with Crippen molar-refractivity contribution in [3.63, 3.8) is 0 Å². The van der Waals surface area contributed by atoms with Crippen molar-refractivity contribution in [1.82, 2.24) is 5.32 Å². The van der Waals surface area contributed by atoms with Crippen molar-refractivity contribution < 1.29 is 4.74 Å². The monoisotopic (exact) mass is 249 g/mol. The average molecular weight is 249 g/mol. The molecule has 3 atom stereocenters. The SMILES string of the molecule is C=C(C)CN=C(N)NC1C2CCOC2C12CCC2. The van der Waals surface area contributed by atoms with Crippen LogP contribution in [0.2, 0.25) is 0 Å². The number of fused-ring (bicyclic) bond motifs is 2. The fraction of sp³-hybridized carbons (Fsp3) is 0.786. The number of ether oxygens (including phenoxy) is 1. The Labute approximate surface area is 109 Å². The molecule has 3 unspecified atom stereocenters. The highest BCUT2D eigenvalue weighted by atomic mass is 16.5. The third kappa shape index (κ3) is 1.66. The lowest BCUT2D eigenvalue weighted by atomic mass is 9.46. The first-order valence-corrected chi connectivity index (χ1v) is 6.96. The maximum absolute atomic E-state index is 5.97. The second-order valence-electron chi connectivity index (χ2n) is 6.11. The maximum atomic E-state index is 5.97. The van der Waals surface area contributed by atoms with Crippen LogP contribution < -0.4 is 11.1 Å². The van der Waals surface area contributed by atoms with Gasteiger partial charge in [-0.05, 0) is 26.2 Å². The summed E-state index contributed by atoms with van der Waals surface area (Å²) in [5.41, 5.74) is 7.37. The highest BCUT2D eigenvalue weighted by Gasteiger charge is 2.66. The molecule has 100 valence electrons. The number of nitrogens with two attached hydrogens (primary N) is 1. The van der Waals surface area contributed by atoms with E-state index in [1.807, 2.05) is 6.92 Å². The summed E-state index contributed by atoms with van der Waals surface area (Å²) in [6.07, 6.45) is 5.53. The Kier molecular flexibility index (Phi) is 2.85. The van der Waals surface area contributed by atoms with Crippen molar-refractivity contribution in [3.05, 3.63) is 12.2 Å². The van der Waals surface area contributed by atoms with Crippen LogP contribution in [-0.4, -0.2) is 31.3 Å². The van der Waals surface area contributed by atoms with E-state index in [0.717, 1.165) is 18.6 Å². The summed E-state index contributed by atoms with van der Waals surface area (Å²) < 4.78 is 5.88. The molecule has 0 amide bonds. The fourth-order valence-corrected chi connectivity index (χ4v) is 3.88.